The van der Waals surface area contributed by atoms with Gasteiger partial charge in [-0.1, -0.05) is 6.92 Å². The van der Waals surface area contributed by atoms with Crippen LogP contribution >= 0.6 is 0 Å². The molecular weight excluding hydrogens is 281 g/mol. The van der Waals surface area contributed by atoms with Crippen molar-refractivity contribution < 1.29 is 21.6 Å². The number of nitrogens with two attached hydrogens (primary N) is 1. The molecule has 0 amide bonds. The van der Waals surface area contributed by atoms with Crippen molar-refractivity contribution in [3.8, 4) is 0 Å². The highest BCUT2D eigenvalue weighted by Crippen LogP contribution is 2.27. The van der Waals surface area contributed by atoms with Gasteiger partial charge < -0.3 is 5.73 Å². The lowest BCUT2D eigenvalue weighted by Gasteiger charge is -2.16. The quantitative estimate of drug-likeness (QED) is 0.830. The van der Waals surface area contributed by atoms with Gasteiger partial charge in [-0.3, -0.25) is 0 Å². The van der Waals surface area contributed by atoms with E-state index in [0.717, 1.165) is 10.4 Å². The van der Waals surface area contributed by atoms with Gasteiger partial charge in [0.1, 0.15) is 4.90 Å². The van der Waals surface area contributed by atoms with Crippen LogP contribution in [0.5, 0.6) is 0 Å². The van der Waals surface area contributed by atoms with Gasteiger partial charge in [0.2, 0.25) is 10.0 Å². The molecule has 4 nitrogen and oxygen atoms in total. The summed E-state index contributed by atoms with van der Waals surface area (Å²) in [7, 11) is -4.20. The maximum Gasteiger partial charge on any atom is 0.246 e. The molecule has 0 spiro atoms. The molecule has 2 unspecified atom stereocenters. The lowest BCUT2D eigenvalue weighted by atomic mass is 10.1. The van der Waals surface area contributed by atoms with E-state index in [2.05, 4.69) is 0 Å². The molecule has 1 aromatic rings. The van der Waals surface area contributed by atoms with Crippen molar-refractivity contribution >= 4 is 10.0 Å². The molecule has 0 radical (unpaired) electrons. The standard InChI is InChI=1S/C11H13F3N2O2S/c1-6-4-16(5-8(6)15)19(17,18)9-3-2-7(12)10(13)11(9)14/h2-3,6,8H,4-5,15H2,1H3. The van der Waals surface area contributed by atoms with E-state index in [0.29, 0.717) is 6.07 Å². The minimum atomic E-state index is -4.20. The predicted octanol–water partition coefficient (Wildman–Crippen LogP) is 1.07. The number of hydrogen-bond donors (Lipinski definition) is 1. The number of sulfonamides is 1. The number of benzene rings is 1. The van der Waals surface area contributed by atoms with Crippen LogP contribution in [-0.2, 0) is 10.0 Å². The van der Waals surface area contributed by atoms with Crippen LogP contribution in [0.2, 0.25) is 0 Å². The fourth-order valence-corrected chi connectivity index (χ4v) is 3.62. The van der Waals surface area contributed by atoms with E-state index in [4.69, 9.17) is 5.73 Å². The molecule has 2 atom stereocenters. The number of hydrogen-bond acceptors (Lipinski definition) is 3. The van der Waals surface area contributed by atoms with Crippen molar-refractivity contribution in [1.29, 1.82) is 0 Å². The van der Waals surface area contributed by atoms with E-state index in [1.165, 1.54) is 0 Å². The van der Waals surface area contributed by atoms with Crippen molar-refractivity contribution in [3.05, 3.63) is 29.6 Å². The lowest BCUT2D eigenvalue weighted by Crippen LogP contribution is -2.32. The molecule has 106 valence electrons. The maximum absolute atomic E-state index is 13.6. The minimum absolute atomic E-state index is 0.0297. The molecule has 0 aliphatic carbocycles. The van der Waals surface area contributed by atoms with Crippen LogP contribution in [-0.4, -0.2) is 31.9 Å². The van der Waals surface area contributed by atoms with Crippen LogP contribution in [0.4, 0.5) is 13.2 Å². The Morgan fingerprint density at radius 2 is 1.84 bits per heavy atom. The smallest absolute Gasteiger partial charge is 0.246 e. The van der Waals surface area contributed by atoms with Gasteiger partial charge >= 0.3 is 0 Å². The highest BCUT2D eigenvalue weighted by molar-refractivity contribution is 7.89. The number of halogens is 3. The van der Waals surface area contributed by atoms with Crippen LogP contribution in [0.1, 0.15) is 6.92 Å². The van der Waals surface area contributed by atoms with Gasteiger partial charge in [-0.25, -0.2) is 21.6 Å². The summed E-state index contributed by atoms with van der Waals surface area (Å²) in [6.07, 6.45) is 0. The van der Waals surface area contributed by atoms with Crippen molar-refractivity contribution in [2.24, 2.45) is 11.7 Å². The van der Waals surface area contributed by atoms with Crippen molar-refractivity contribution in [3.63, 3.8) is 0 Å². The molecule has 2 rings (SSSR count). The van der Waals surface area contributed by atoms with E-state index in [9.17, 15) is 21.6 Å². The van der Waals surface area contributed by atoms with Crippen molar-refractivity contribution in [2.45, 2.75) is 17.9 Å². The second-order valence-electron chi connectivity index (χ2n) is 4.64. The van der Waals surface area contributed by atoms with E-state index in [1.807, 2.05) is 0 Å². The zero-order valence-corrected chi connectivity index (χ0v) is 10.9. The van der Waals surface area contributed by atoms with Gasteiger partial charge in [-0.05, 0) is 18.1 Å². The first kappa shape index (κ1) is 14.3. The Hall–Kier alpha value is -1.12. The fraction of sp³-hybridized carbons (Fsp3) is 0.455. The van der Waals surface area contributed by atoms with Crippen LogP contribution in [0.15, 0.2) is 17.0 Å². The van der Waals surface area contributed by atoms with Crippen LogP contribution < -0.4 is 5.73 Å². The summed E-state index contributed by atoms with van der Waals surface area (Å²) in [6.45, 7) is 1.92. The first-order valence-electron chi connectivity index (χ1n) is 5.64. The van der Waals surface area contributed by atoms with Crippen molar-refractivity contribution in [1.82, 2.24) is 4.31 Å². The molecule has 0 saturated carbocycles. The Morgan fingerprint density at radius 3 is 2.37 bits per heavy atom. The van der Waals surface area contributed by atoms with Gasteiger partial charge in [0.05, 0.1) is 0 Å². The Kier molecular flexibility index (Phi) is 3.59. The average Bonchev–Trinajstić information content (AvgIpc) is 2.67. The molecule has 0 bridgehead atoms. The Bertz CT molecular complexity index is 596. The largest absolute Gasteiger partial charge is 0.326 e. The zero-order valence-electron chi connectivity index (χ0n) is 10.1. The van der Waals surface area contributed by atoms with Crippen molar-refractivity contribution in [2.75, 3.05) is 13.1 Å². The Labute approximate surface area is 109 Å². The minimum Gasteiger partial charge on any atom is -0.326 e. The van der Waals surface area contributed by atoms with Crippen LogP contribution in [0, 0.1) is 23.4 Å². The molecule has 1 aromatic carbocycles. The maximum atomic E-state index is 13.6. The van der Waals surface area contributed by atoms with E-state index in [-0.39, 0.29) is 25.0 Å². The van der Waals surface area contributed by atoms with E-state index < -0.39 is 32.4 Å². The first-order valence-corrected chi connectivity index (χ1v) is 7.08. The van der Waals surface area contributed by atoms with Gasteiger partial charge in [0, 0.05) is 19.1 Å². The van der Waals surface area contributed by atoms with Crippen LogP contribution in [0.3, 0.4) is 0 Å². The second kappa shape index (κ2) is 4.77. The molecule has 1 heterocycles. The normalized spacial score (nSPS) is 24.9. The van der Waals surface area contributed by atoms with Gasteiger partial charge in [0.15, 0.2) is 17.5 Å². The lowest BCUT2D eigenvalue weighted by molar-refractivity contribution is 0.421. The average molecular weight is 294 g/mol. The SMILES string of the molecule is CC1CN(S(=O)(=O)c2ccc(F)c(F)c2F)CC1N. The summed E-state index contributed by atoms with van der Waals surface area (Å²) in [5.74, 6) is -5.00. The molecule has 1 saturated heterocycles. The third kappa shape index (κ3) is 2.35. The monoisotopic (exact) mass is 294 g/mol. The second-order valence-corrected chi connectivity index (χ2v) is 6.54. The van der Waals surface area contributed by atoms with E-state index in [1.54, 1.807) is 6.92 Å². The summed E-state index contributed by atoms with van der Waals surface area (Å²) in [5.41, 5.74) is 5.70. The fourth-order valence-electron chi connectivity index (χ4n) is 1.99. The number of rotatable bonds is 2. The molecule has 0 aromatic heterocycles. The molecule has 2 N–H and O–H groups in total. The number of nitrogens with zero attached hydrogens (tertiary/aromatic N) is 1. The Balaban J connectivity index is 2.44. The molecule has 19 heavy (non-hydrogen) atoms. The molecule has 1 fully saturated rings. The highest BCUT2D eigenvalue weighted by atomic mass is 32.2. The summed E-state index contributed by atoms with van der Waals surface area (Å²) in [5, 5.41) is 0. The third-order valence-corrected chi connectivity index (χ3v) is 5.10. The van der Waals surface area contributed by atoms with Gasteiger partial charge in [-0.2, -0.15) is 4.31 Å². The molecular formula is C11H13F3N2O2S. The highest BCUT2D eigenvalue weighted by Gasteiger charge is 2.37. The van der Waals surface area contributed by atoms with Gasteiger partial charge in [0.25, 0.3) is 0 Å². The molecule has 1 aliphatic heterocycles. The summed E-state index contributed by atoms with van der Waals surface area (Å²) >= 11 is 0. The third-order valence-electron chi connectivity index (χ3n) is 3.25. The topological polar surface area (TPSA) is 63.4 Å². The Morgan fingerprint density at radius 1 is 1.21 bits per heavy atom. The summed E-state index contributed by atoms with van der Waals surface area (Å²) in [6, 6.07) is 0.950. The zero-order chi connectivity index (χ0) is 14.4. The predicted molar refractivity (Wildman–Crippen MR) is 62.2 cm³/mol. The first-order chi connectivity index (χ1) is 8.75. The summed E-state index contributed by atoms with van der Waals surface area (Å²) in [4.78, 5) is -0.868. The summed E-state index contributed by atoms with van der Waals surface area (Å²) < 4.78 is 64.8. The van der Waals surface area contributed by atoms with E-state index >= 15 is 0 Å². The molecule has 1 aliphatic rings. The van der Waals surface area contributed by atoms with Crippen LogP contribution in [0.25, 0.3) is 0 Å². The molecule has 8 heteroatoms. The van der Waals surface area contributed by atoms with Gasteiger partial charge in [-0.15, -0.1) is 0 Å².